The summed E-state index contributed by atoms with van der Waals surface area (Å²) < 4.78 is 0.907. The standard InChI is InChI=1S/C26H54NO2.HI/c1-3-5-7-8-9-10-11-12-13-14-15-16-17-18-19-20-22-27(23-25-28,24-26-29)21-6-4-2;/h12-13,28-29H,3-11,14-26H2,1-2H3;1H/q+1;/p-1/b13-12-;. The quantitative estimate of drug-likeness (QED) is 0.0902. The van der Waals surface area contributed by atoms with Crippen LogP contribution < -0.4 is 24.0 Å². The molecule has 0 amide bonds. The molecular formula is C26H54INO2. The largest absolute Gasteiger partial charge is 1.00 e. The smallest absolute Gasteiger partial charge is 0.102 e. The third-order valence-electron chi connectivity index (χ3n) is 6.28. The molecule has 3 nitrogen and oxygen atoms in total. The van der Waals surface area contributed by atoms with Gasteiger partial charge >= 0.3 is 0 Å². The molecule has 0 aromatic heterocycles. The molecule has 0 radical (unpaired) electrons. The molecule has 0 aliphatic carbocycles. The molecule has 0 aliphatic rings. The van der Waals surface area contributed by atoms with Crippen molar-refractivity contribution in [3.63, 3.8) is 0 Å². The summed E-state index contributed by atoms with van der Waals surface area (Å²) in [4.78, 5) is 0. The molecule has 30 heavy (non-hydrogen) atoms. The van der Waals surface area contributed by atoms with Gasteiger partial charge in [-0.3, -0.25) is 0 Å². The van der Waals surface area contributed by atoms with E-state index in [1.165, 1.54) is 103 Å². The topological polar surface area (TPSA) is 40.5 Å². The molecule has 0 aromatic rings. The number of unbranched alkanes of at least 4 members (excludes halogenated alkanes) is 13. The Morgan fingerprint density at radius 1 is 0.500 bits per heavy atom. The summed E-state index contributed by atoms with van der Waals surface area (Å²) in [5, 5.41) is 18.9. The third kappa shape index (κ3) is 20.3. The number of allylic oxidation sites excluding steroid dienone is 2. The van der Waals surface area contributed by atoms with Crippen LogP contribution in [0.4, 0.5) is 0 Å². The second-order valence-electron chi connectivity index (χ2n) is 8.97. The van der Waals surface area contributed by atoms with Gasteiger partial charge in [0.05, 0.1) is 26.3 Å². The van der Waals surface area contributed by atoms with Crippen LogP contribution in [0.1, 0.15) is 117 Å². The molecule has 0 saturated heterocycles. The summed E-state index contributed by atoms with van der Waals surface area (Å²) in [5.41, 5.74) is 0. The molecule has 2 N–H and O–H groups in total. The first-order chi connectivity index (χ1) is 14.2. The molecule has 4 heteroatoms. The number of halogens is 1. The van der Waals surface area contributed by atoms with E-state index in [1.807, 2.05) is 0 Å². The molecule has 0 atom stereocenters. The van der Waals surface area contributed by atoms with Crippen molar-refractivity contribution in [2.75, 3.05) is 39.4 Å². The van der Waals surface area contributed by atoms with E-state index in [4.69, 9.17) is 0 Å². The van der Waals surface area contributed by atoms with Gasteiger partial charge < -0.3 is 38.7 Å². The zero-order valence-corrected chi connectivity index (χ0v) is 22.6. The van der Waals surface area contributed by atoms with E-state index in [9.17, 15) is 10.2 Å². The molecule has 0 bridgehead atoms. The minimum absolute atomic E-state index is 0. The van der Waals surface area contributed by atoms with Gasteiger partial charge in [-0.05, 0) is 44.9 Å². The SMILES string of the molecule is CCCCCCCC/C=C\CCCCCCCC[N+](CCO)(CCO)CCCC.[I-]. The number of aliphatic hydroxyl groups is 2. The summed E-state index contributed by atoms with van der Waals surface area (Å²) in [6, 6.07) is 0. The maximum Gasteiger partial charge on any atom is 0.102 e. The van der Waals surface area contributed by atoms with Crippen LogP contribution in [0.5, 0.6) is 0 Å². The van der Waals surface area contributed by atoms with Crippen molar-refractivity contribution >= 4 is 0 Å². The van der Waals surface area contributed by atoms with E-state index in [1.54, 1.807) is 0 Å². The van der Waals surface area contributed by atoms with Crippen LogP contribution in [0, 0.1) is 0 Å². The highest BCUT2D eigenvalue weighted by atomic mass is 127. The van der Waals surface area contributed by atoms with Gasteiger partial charge in [-0.1, -0.05) is 83.8 Å². The van der Waals surface area contributed by atoms with E-state index >= 15 is 0 Å². The van der Waals surface area contributed by atoms with Crippen LogP contribution in [0.15, 0.2) is 12.2 Å². The zero-order chi connectivity index (χ0) is 21.5. The van der Waals surface area contributed by atoms with Crippen LogP contribution in [-0.4, -0.2) is 54.1 Å². The maximum atomic E-state index is 9.46. The van der Waals surface area contributed by atoms with Crippen molar-refractivity contribution in [1.82, 2.24) is 0 Å². The summed E-state index contributed by atoms with van der Waals surface area (Å²) in [6.45, 7) is 8.77. The average Bonchev–Trinajstić information content (AvgIpc) is 2.72. The molecule has 0 fully saturated rings. The first kappa shape index (κ1) is 32.5. The number of aliphatic hydroxyl groups excluding tert-OH is 2. The fraction of sp³-hybridized carbons (Fsp3) is 0.923. The van der Waals surface area contributed by atoms with Gasteiger partial charge in [-0.2, -0.15) is 0 Å². The lowest BCUT2D eigenvalue weighted by atomic mass is 10.1. The molecule has 0 rings (SSSR count). The average molecular weight is 540 g/mol. The molecule has 0 saturated carbocycles. The summed E-state index contributed by atoms with van der Waals surface area (Å²) in [7, 11) is 0. The monoisotopic (exact) mass is 539 g/mol. The Hall–Kier alpha value is 0.350. The first-order valence-electron chi connectivity index (χ1n) is 13.0. The highest BCUT2D eigenvalue weighted by Crippen LogP contribution is 2.14. The summed E-state index contributed by atoms with van der Waals surface area (Å²) in [5.74, 6) is 0. The van der Waals surface area contributed by atoms with E-state index < -0.39 is 0 Å². The number of rotatable bonds is 23. The van der Waals surface area contributed by atoms with E-state index in [-0.39, 0.29) is 37.2 Å². The molecule has 0 aliphatic heterocycles. The van der Waals surface area contributed by atoms with Gasteiger partial charge in [-0.25, -0.2) is 0 Å². The molecule has 0 aromatic carbocycles. The van der Waals surface area contributed by atoms with Crippen molar-refractivity contribution in [1.29, 1.82) is 0 Å². The maximum absolute atomic E-state index is 9.46. The Morgan fingerprint density at radius 3 is 1.37 bits per heavy atom. The van der Waals surface area contributed by atoms with E-state index in [0.29, 0.717) is 0 Å². The second-order valence-corrected chi connectivity index (χ2v) is 8.97. The van der Waals surface area contributed by atoms with Gasteiger partial charge in [-0.15, -0.1) is 0 Å². The fourth-order valence-electron chi connectivity index (χ4n) is 4.28. The third-order valence-corrected chi connectivity index (χ3v) is 6.28. The van der Waals surface area contributed by atoms with Crippen molar-refractivity contribution in [3.8, 4) is 0 Å². The Balaban J connectivity index is 0. The predicted molar refractivity (Wildman–Crippen MR) is 128 cm³/mol. The van der Waals surface area contributed by atoms with Crippen molar-refractivity contribution < 1.29 is 38.7 Å². The van der Waals surface area contributed by atoms with Crippen LogP contribution in [0.3, 0.4) is 0 Å². The zero-order valence-electron chi connectivity index (χ0n) is 20.4. The van der Waals surface area contributed by atoms with E-state index in [0.717, 1.165) is 30.7 Å². The molecule has 0 heterocycles. The summed E-state index contributed by atoms with van der Waals surface area (Å²) in [6.07, 6.45) is 25.9. The minimum Gasteiger partial charge on any atom is -1.00 e. The second kappa shape index (κ2) is 25.6. The fourth-order valence-corrected chi connectivity index (χ4v) is 4.28. The molecule has 182 valence electrons. The van der Waals surface area contributed by atoms with Crippen LogP contribution >= 0.6 is 0 Å². The number of quaternary nitrogens is 1. The number of hydrogen-bond acceptors (Lipinski definition) is 2. The number of hydrogen-bond donors (Lipinski definition) is 2. The van der Waals surface area contributed by atoms with Gasteiger partial charge in [0.1, 0.15) is 13.1 Å². The Kier molecular flexibility index (Phi) is 27.8. The predicted octanol–water partition coefficient (Wildman–Crippen LogP) is 3.63. The van der Waals surface area contributed by atoms with Crippen molar-refractivity contribution in [2.45, 2.75) is 117 Å². The van der Waals surface area contributed by atoms with Crippen LogP contribution in [-0.2, 0) is 0 Å². The first-order valence-corrected chi connectivity index (χ1v) is 13.0. The lowest BCUT2D eigenvalue weighted by molar-refractivity contribution is -0.929. The summed E-state index contributed by atoms with van der Waals surface area (Å²) >= 11 is 0. The Labute approximate surface area is 206 Å². The van der Waals surface area contributed by atoms with Crippen LogP contribution in [0.25, 0.3) is 0 Å². The van der Waals surface area contributed by atoms with Gasteiger partial charge in [0.25, 0.3) is 0 Å². The highest BCUT2D eigenvalue weighted by Gasteiger charge is 2.25. The highest BCUT2D eigenvalue weighted by molar-refractivity contribution is 4.81. The lowest BCUT2D eigenvalue weighted by Crippen LogP contribution is -3.00. The Morgan fingerprint density at radius 2 is 0.900 bits per heavy atom. The van der Waals surface area contributed by atoms with Gasteiger partial charge in [0, 0.05) is 0 Å². The van der Waals surface area contributed by atoms with E-state index in [2.05, 4.69) is 26.0 Å². The van der Waals surface area contributed by atoms with Gasteiger partial charge in [0.2, 0.25) is 0 Å². The molecular weight excluding hydrogens is 485 g/mol. The number of nitrogens with zero attached hydrogens (tertiary/aromatic N) is 1. The molecule has 0 unspecified atom stereocenters. The molecule has 0 spiro atoms. The minimum atomic E-state index is 0. The normalized spacial score (nSPS) is 11.9. The van der Waals surface area contributed by atoms with Gasteiger partial charge in [0.15, 0.2) is 0 Å². The Bertz CT molecular complexity index is 344. The van der Waals surface area contributed by atoms with Crippen molar-refractivity contribution in [2.24, 2.45) is 0 Å². The van der Waals surface area contributed by atoms with Crippen LogP contribution in [0.2, 0.25) is 0 Å². The van der Waals surface area contributed by atoms with Crippen molar-refractivity contribution in [3.05, 3.63) is 12.2 Å². The lowest BCUT2D eigenvalue weighted by Gasteiger charge is -2.38.